The van der Waals surface area contributed by atoms with Crippen LogP contribution in [0.15, 0.2) is 43.0 Å². The van der Waals surface area contributed by atoms with Crippen molar-refractivity contribution in [2.45, 2.75) is 19.4 Å². The van der Waals surface area contributed by atoms with Crippen LogP contribution in [0.2, 0.25) is 0 Å². The van der Waals surface area contributed by atoms with E-state index in [4.69, 9.17) is 4.74 Å². The molecule has 0 heterocycles. The van der Waals surface area contributed by atoms with E-state index in [0.717, 1.165) is 26.1 Å². The Morgan fingerprint density at radius 1 is 1.38 bits per heavy atom. The highest BCUT2D eigenvalue weighted by Gasteiger charge is 2.09. The first kappa shape index (κ1) is 12.9. The number of ether oxygens (including phenoxy) is 1. The summed E-state index contributed by atoms with van der Waals surface area (Å²) in [7, 11) is 0. The highest BCUT2D eigenvalue weighted by Crippen LogP contribution is 2.16. The van der Waals surface area contributed by atoms with Crippen LogP contribution in [0.4, 0.5) is 0 Å². The van der Waals surface area contributed by atoms with Gasteiger partial charge in [-0.3, -0.25) is 0 Å². The fraction of sp³-hybridized carbons (Fsp3) is 0.429. The molecule has 0 aliphatic heterocycles. The summed E-state index contributed by atoms with van der Waals surface area (Å²) in [5.41, 5.74) is 1.23. The maximum absolute atomic E-state index is 5.84. The SMILES string of the molecule is C=CCCOC(CNCC)c1ccccc1. The zero-order valence-electron chi connectivity index (χ0n) is 9.99. The first-order valence-corrected chi connectivity index (χ1v) is 5.86. The first-order chi connectivity index (χ1) is 7.88. The maximum Gasteiger partial charge on any atom is 0.0949 e. The fourth-order valence-electron chi connectivity index (χ4n) is 1.51. The average molecular weight is 219 g/mol. The molecule has 2 nitrogen and oxygen atoms in total. The van der Waals surface area contributed by atoms with Crippen LogP contribution < -0.4 is 5.32 Å². The molecule has 0 aliphatic carbocycles. The molecule has 0 fully saturated rings. The van der Waals surface area contributed by atoms with Gasteiger partial charge in [0.15, 0.2) is 0 Å². The van der Waals surface area contributed by atoms with Gasteiger partial charge >= 0.3 is 0 Å². The van der Waals surface area contributed by atoms with Gasteiger partial charge in [0.2, 0.25) is 0 Å². The Morgan fingerprint density at radius 2 is 2.12 bits per heavy atom. The van der Waals surface area contributed by atoms with E-state index in [1.165, 1.54) is 5.56 Å². The lowest BCUT2D eigenvalue weighted by molar-refractivity contribution is 0.0562. The molecule has 1 N–H and O–H groups in total. The fourth-order valence-corrected chi connectivity index (χ4v) is 1.51. The molecule has 0 bridgehead atoms. The molecule has 0 aromatic heterocycles. The van der Waals surface area contributed by atoms with Crippen LogP contribution in [0.25, 0.3) is 0 Å². The van der Waals surface area contributed by atoms with Gasteiger partial charge in [-0.05, 0) is 18.5 Å². The molecule has 0 saturated heterocycles. The monoisotopic (exact) mass is 219 g/mol. The maximum atomic E-state index is 5.84. The number of rotatable bonds is 8. The predicted molar refractivity (Wildman–Crippen MR) is 68.5 cm³/mol. The summed E-state index contributed by atoms with van der Waals surface area (Å²) in [6.45, 7) is 8.36. The van der Waals surface area contributed by atoms with Gasteiger partial charge in [0.25, 0.3) is 0 Å². The summed E-state index contributed by atoms with van der Waals surface area (Å²) in [6.07, 6.45) is 2.92. The lowest BCUT2D eigenvalue weighted by Gasteiger charge is -2.18. The lowest BCUT2D eigenvalue weighted by atomic mass is 10.1. The van der Waals surface area contributed by atoms with Gasteiger partial charge in [-0.2, -0.15) is 0 Å². The third kappa shape index (κ3) is 4.60. The molecule has 0 saturated carbocycles. The van der Waals surface area contributed by atoms with Crippen molar-refractivity contribution in [3.05, 3.63) is 48.6 Å². The molecule has 0 spiro atoms. The molecule has 0 radical (unpaired) electrons. The van der Waals surface area contributed by atoms with Crippen LogP contribution in [-0.4, -0.2) is 19.7 Å². The Labute approximate surface area is 98.3 Å². The van der Waals surface area contributed by atoms with Crippen molar-refractivity contribution in [3.63, 3.8) is 0 Å². The molecule has 1 unspecified atom stereocenters. The summed E-state index contributed by atoms with van der Waals surface area (Å²) in [4.78, 5) is 0. The van der Waals surface area contributed by atoms with Crippen molar-refractivity contribution in [3.8, 4) is 0 Å². The van der Waals surface area contributed by atoms with Gasteiger partial charge in [0, 0.05) is 6.54 Å². The molecule has 1 aromatic rings. The zero-order chi connectivity index (χ0) is 11.6. The highest BCUT2D eigenvalue weighted by molar-refractivity contribution is 5.17. The Balaban J connectivity index is 2.52. The van der Waals surface area contributed by atoms with Gasteiger partial charge in [0.05, 0.1) is 12.7 Å². The quantitative estimate of drug-likeness (QED) is 0.536. The second kappa shape index (κ2) is 8.08. The second-order valence-corrected chi connectivity index (χ2v) is 3.66. The van der Waals surface area contributed by atoms with Crippen LogP contribution in [0, 0.1) is 0 Å². The standard InChI is InChI=1S/C14H21NO/c1-3-5-11-16-14(12-15-4-2)13-9-7-6-8-10-13/h3,6-10,14-15H,1,4-5,11-12H2,2H3. The summed E-state index contributed by atoms with van der Waals surface area (Å²) < 4.78 is 5.84. The van der Waals surface area contributed by atoms with Crippen molar-refractivity contribution in [2.24, 2.45) is 0 Å². The Hall–Kier alpha value is -1.12. The minimum absolute atomic E-state index is 0.140. The van der Waals surface area contributed by atoms with Gasteiger partial charge in [-0.1, -0.05) is 43.3 Å². The van der Waals surface area contributed by atoms with E-state index < -0.39 is 0 Å². The third-order valence-electron chi connectivity index (χ3n) is 2.39. The number of hydrogen-bond acceptors (Lipinski definition) is 2. The summed E-state index contributed by atoms with van der Waals surface area (Å²) in [5.74, 6) is 0. The highest BCUT2D eigenvalue weighted by atomic mass is 16.5. The topological polar surface area (TPSA) is 21.3 Å². The average Bonchev–Trinajstić information content (AvgIpc) is 2.35. The molecule has 1 rings (SSSR count). The van der Waals surface area contributed by atoms with Crippen molar-refractivity contribution in [1.29, 1.82) is 0 Å². The predicted octanol–water partition coefficient (Wildman–Crippen LogP) is 2.93. The van der Waals surface area contributed by atoms with Crippen molar-refractivity contribution in [2.75, 3.05) is 19.7 Å². The summed E-state index contributed by atoms with van der Waals surface area (Å²) in [6, 6.07) is 10.3. The van der Waals surface area contributed by atoms with E-state index in [2.05, 4.69) is 31.0 Å². The van der Waals surface area contributed by atoms with Crippen LogP contribution in [0.3, 0.4) is 0 Å². The van der Waals surface area contributed by atoms with Gasteiger partial charge in [-0.15, -0.1) is 6.58 Å². The Bertz CT molecular complexity index is 284. The van der Waals surface area contributed by atoms with Crippen LogP contribution in [0.5, 0.6) is 0 Å². The molecule has 1 aromatic carbocycles. The molecular formula is C14H21NO. The minimum atomic E-state index is 0.140. The van der Waals surface area contributed by atoms with Crippen molar-refractivity contribution in [1.82, 2.24) is 5.32 Å². The van der Waals surface area contributed by atoms with Gasteiger partial charge < -0.3 is 10.1 Å². The Morgan fingerprint density at radius 3 is 2.75 bits per heavy atom. The van der Waals surface area contributed by atoms with Crippen LogP contribution >= 0.6 is 0 Å². The van der Waals surface area contributed by atoms with Gasteiger partial charge in [-0.25, -0.2) is 0 Å². The molecule has 0 aliphatic rings. The third-order valence-corrected chi connectivity index (χ3v) is 2.39. The van der Waals surface area contributed by atoms with Crippen LogP contribution in [0.1, 0.15) is 25.0 Å². The molecular weight excluding hydrogens is 198 g/mol. The molecule has 1 atom stereocenters. The minimum Gasteiger partial charge on any atom is -0.372 e. The molecule has 2 heteroatoms. The summed E-state index contributed by atoms with van der Waals surface area (Å²) in [5, 5.41) is 3.32. The molecule has 0 amide bonds. The normalized spacial score (nSPS) is 12.3. The van der Waals surface area contributed by atoms with E-state index in [1.54, 1.807) is 0 Å². The summed E-state index contributed by atoms with van der Waals surface area (Å²) >= 11 is 0. The second-order valence-electron chi connectivity index (χ2n) is 3.66. The first-order valence-electron chi connectivity index (χ1n) is 5.86. The number of likely N-dealkylation sites (N-methyl/N-ethyl adjacent to an activating group) is 1. The molecule has 88 valence electrons. The number of hydrogen-bond donors (Lipinski definition) is 1. The number of nitrogens with one attached hydrogen (secondary N) is 1. The van der Waals surface area contributed by atoms with Gasteiger partial charge in [0.1, 0.15) is 0 Å². The van der Waals surface area contributed by atoms with Crippen molar-refractivity contribution < 1.29 is 4.74 Å². The Kier molecular flexibility index (Phi) is 6.54. The van der Waals surface area contributed by atoms with Crippen LogP contribution in [-0.2, 0) is 4.74 Å². The molecule has 16 heavy (non-hydrogen) atoms. The number of benzene rings is 1. The smallest absolute Gasteiger partial charge is 0.0949 e. The van der Waals surface area contributed by atoms with E-state index in [9.17, 15) is 0 Å². The largest absolute Gasteiger partial charge is 0.372 e. The van der Waals surface area contributed by atoms with E-state index in [1.807, 2.05) is 24.3 Å². The van der Waals surface area contributed by atoms with E-state index >= 15 is 0 Å². The lowest BCUT2D eigenvalue weighted by Crippen LogP contribution is -2.23. The van der Waals surface area contributed by atoms with Crippen molar-refractivity contribution >= 4 is 0 Å². The zero-order valence-corrected chi connectivity index (χ0v) is 9.99. The van der Waals surface area contributed by atoms with E-state index in [0.29, 0.717) is 0 Å². The van der Waals surface area contributed by atoms with E-state index in [-0.39, 0.29) is 6.10 Å².